The third-order valence-corrected chi connectivity index (χ3v) is 4.78. The van der Waals surface area contributed by atoms with Gasteiger partial charge in [0.2, 0.25) is 11.8 Å². The van der Waals surface area contributed by atoms with E-state index in [9.17, 15) is 9.59 Å². The summed E-state index contributed by atoms with van der Waals surface area (Å²) in [6.45, 7) is 11.0. The largest absolute Gasteiger partial charge is 0.368 e. The van der Waals surface area contributed by atoms with Crippen molar-refractivity contribution in [2.24, 2.45) is 0 Å². The van der Waals surface area contributed by atoms with Crippen LogP contribution in [0.3, 0.4) is 0 Å². The van der Waals surface area contributed by atoms with Crippen molar-refractivity contribution in [3.63, 3.8) is 0 Å². The Morgan fingerprint density at radius 1 is 1.16 bits per heavy atom. The Morgan fingerprint density at radius 3 is 2.32 bits per heavy atom. The van der Waals surface area contributed by atoms with Gasteiger partial charge in [-0.3, -0.25) is 9.59 Å². The number of rotatable bonds is 4. The summed E-state index contributed by atoms with van der Waals surface area (Å²) < 4.78 is 0. The maximum absolute atomic E-state index is 12.5. The van der Waals surface area contributed by atoms with Gasteiger partial charge >= 0.3 is 0 Å². The van der Waals surface area contributed by atoms with Crippen molar-refractivity contribution < 1.29 is 9.59 Å². The predicted molar refractivity (Wildman–Crippen MR) is 102 cm³/mol. The minimum Gasteiger partial charge on any atom is -0.368 e. The van der Waals surface area contributed by atoms with Crippen LogP contribution in [0, 0.1) is 0 Å². The molecule has 0 atom stereocenters. The lowest BCUT2D eigenvalue weighted by Gasteiger charge is -2.38. The molecular formula is C19H28ClN3O2. The van der Waals surface area contributed by atoms with Crippen molar-refractivity contribution in [2.45, 2.75) is 39.7 Å². The zero-order valence-corrected chi connectivity index (χ0v) is 16.3. The number of hydrogen-bond donors (Lipinski definition) is 0. The maximum Gasteiger partial charge on any atom is 0.224 e. The van der Waals surface area contributed by atoms with E-state index in [1.165, 1.54) is 0 Å². The number of piperazine rings is 1. The first-order valence-corrected chi connectivity index (χ1v) is 9.13. The summed E-state index contributed by atoms with van der Waals surface area (Å²) in [7, 11) is 0. The monoisotopic (exact) mass is 365 g/mol. The molecule has 0 saturated carbocycles. The number of benzene rings is 1. The Balaban J connectivity index is 1.86. The Labute approximate surface area is 155 Å². The van der Waals surface area contributed by atoms with E-state index >= 15 is 0 Å². The number of hydrogen-bond acceptors (Lipinski definition) is 3. The molecule has 0 N–H and O–H groups in total. The molecule has 1 aromatic rings. The minimum absolute atomic E-state index is 0.00563. The summed E-state index contributed by atoms with van der Waals surface area (Å²) in [5.41, 5.74) is 0.826. The highest BCUT2D eigenvalue weighted by molar-refractivity contribution is 6.30. The number of carbonyl (C=O) groups excluding carboxylic acids is 2. The molecule has 0 aromatic heterocycles. The first kappa shape index (κ1) is 19.6. The van der Waals surface area contributed by atoms with Gasteiger partial charge in [0, 0.05) is 62.3 Å². The number of carbonyl (C=O) groups is 2. The highest BCUT2D eigenvalue weighted by Gasteiger charge is 2.26. The van der Waals surface area contributed by atoms with E-state index in [4.69, 9.17) is 11.6 Å². The van der Waals surface area contributed by atoms with Crippen molar-refractivity contribution in [3.8, 4) is 0 Å². The smallest absolute Gasteiger partial charge is 0.224 e. The average molecular weight is 366 g/mol. The molecule has 1 aliphatic heterocycles. The van der Waals surface area contributed by atoms with Crippen LogP contribution in [0.25, 0.3) is 0 Å². The fraction of sp³-hybridized carbons (Fsp3) is 0.579. The van der Waals surface area contributed by atoms with Crippen LogP contribution in [0.4, 0.5) is 5.69 Å². The van der Waals surface area contributed by atoms with Gasteiger partial charge in [0.1, 0.15) is 0 Å². The molecule has 25 heavy (non-hydrogen) atoms. The minimum atomic E-state index is -0.266. The molecule has 6 heteroatoms. The summed E-state index contributed by atoms with van der Waals surface area (Å²) in [5.74, 6) is 0.118. The van der Waals surface area contributed by atoms with Crippen molar-refractivity contribution in [1.82, 2.24) is 9.80 Å². The SMILES string of the molecule is CC(=O)N(CCC(=O)N1CCN(c2cccc(Cl)c2)CC1)C(C)(C)C. The van der Waals surface area contributed by atoms with E-state index in [0.717, 1.165) is 23.8 Å². The molecular weight excluding hydrogens is 338 g/mol. The van der Waals surface area contributed by atoms with Gasteiger partial charge in [-0.25, -0.2) is 0 Å². The van der Waals surface area contributed by atoms with Gasteiger partial charge < -0.3 is 14.7 Å². The van der Waals surface area contributed by atoms with Crippen molar-refractivity contribution in [2.75, 3.05) is 37.6 Å². The van der Waals surface area contributed by atoms with E-state index in [-0.39, 0.29) is 17.4 Å². The van der Waals surface area contributed by atoms with E-state index in [2.05, 4.69) is 4.90 Å². The van der Waals surface area contributed by atoms with Gasteiger partial charge in [-0.1, -0.05) is 17.7 Å². The maximum atomic E-state index is 12.5. The fourth-order valence-corrected chi connectivity index (χ4v) is 3.40. The number of amides is 2. The Bertz CT molecular complexity index is 619. The number of anilines is 1. The standard InChI is InChI=1S/C19H28ClN3O2/c1-15(24)23(19(2,3)4)9-8-18(25)22-12-10-21(11-13-22)17-7-5-6-16(20)14-17/h5-7,14H,8-13H2,1-4H3. The molecule has 1 fully saturated rings. The lowest BCUT2D eigenvalue weighted by molar-refractivity contribution is -0.136. The highest BCUT2D eigenvalue weighted by atomic mass is 35.5. The quantitative estimate of drug-likeness (QED) is 0.823. The van der Waals surface area contributed by atoms with Gasteiger partial charge in [-0.05, 0) is 39.0 Å². The average Bonchev–Trinajstić information content (AvgIpc) is 2.53. The van der Waals surface area contributed by atoms with Crippen LogP contribution in [0.15, 0.2) is 24.3 Å². The molecule has 0 radical (unpaired) electrons. The van der Waals surface area contributed by atoms with E-state index in [0.29, 0.717) is 26.1 Å². The van der Waals surface area contributed by atoms with Gasteiger partial charge in [-0.2, -0.15) is 0 Å². The summed E-state index contributed by atoms with van der Waals surface area (Å²) in [5, 5.41) is 0.725. The van der Waals surface area contributed by atoms with Crippen LogP contribution in [-0.2, 0) is 9.59 Å². The Hall–Kier alpha value is -1.75. The zero-order chi connectivity index (χ0) is 18.6. The molecule has 2 amide bonds. The zero-order valence-electron chi connectivity index (χ0n) is 15.6. The summed E-state index contributed by atoms with van der Waals surface area (Å²) in [6.07, 6.45) is 0.369. The Morgan fingerprint density at radius 2 is 1.80 bits per heavy atom. The van der Waals surface area contributed by atoms with Crippen LogP contribution >= 0.6 is 11.6 Å². The molecule has 2 rings (SSSR count). The molecule has 1 aliphatic rings. The molecule has 138 valence electrons. The fourth-order valence-electron chi connectivity index (χ4n) is 3.22. The number of halogens is 1. The first-order valence-electron chi connectivity index (χ1n) is 8.75. The summed E-state index contributed by atoms with van der Waals surface area (Å²) in [6, 6.07) is 7.80. The lowest BCUT2D eigenvalue weighted by atomic mass is 10.1. The van der Waals surface area contributed by atoms with E-state index in [1.54, 1.807) is 11.8 Å². The molecule has 1 saturated heterocycles. The van der Waals surface area contributed by atoms with Crippen molar-refractivity contribution in [1.29, 1.82) is 0 Å². The van der Waals surface area contributed by atoms with E-state index < -0.39 is 0 Å². The summed E-state index contributed by atoms with van der Waals surface area (Å²) in [4.78, 5) is 30.2. The Kier molecular flexibility index (Phi) is 6.33. The molecule has 0 aliphatic carbocycles. The third kappa shape index (κ3) is 5.36. The first-order chi connectivity index (χ1) is 11.7. The molecule has 1 heterocycles. The molecule has 0 spiro atoms. The van der Waals surface area contributed by atoms with Crippen LogP contribution < -0.4 is 4.90 Å². The van der Waals surface area contributed by atoms with Gasteiger partial charge in [-0.15, -0.1) is 0 Å². The topological polar surface area (TPSA) is 43.9 Å². The van der Waals surface area contributed by atoms with Crippen LogP contribution in [-0.4, -0.2) is 59.9 Å². The van der Waals surface area contributed by atoms with Crippen molar-refractivity contribution in [3.05, 3.63) is 29.3 Å². The normalized spacial score (nSPS) is 15.2. The molecule has 0 bridgehead atoms. The molecule has 1 aromatic carbocycles. The van der Waals surface area contributed by atoms with Gasteiger partial charge in [0.15, 0.2) is 0 Å². The summed E-state index contributed by atoms with van der Waals surface area (Å²) >= 11 is 6.05. The third-order valence-electron chi connectivity index (χ3n) is 4.54. The lowest BCUT2D eigenvalue weighted by Crippen LogP contribution is -2.50. The number of nitrogens with zero attached hydrogens (tertiary/aromatic N) is 3. The van der Waals surface area contributed by atoms with Crippen LogP contribution in [0.5, 0.6) is 0 Å². The second-order valence-corrected chi connectivity index (χ2v) is 7.88. The molecule has 0 unspecified atom stereocenters. The highest BCUT2D eigenvalue weighted by Crippen LogP contribution is 2.21. The second kappa shape index (κ2) is 8.09. The van der Waals surface area contributed by atoms with Gasteiger partial charge in [0.25, 0.3) is 0 Å². The van der Waals surface area contributed by atoms with E-state index in [1.807, 2.05) is 49.9 Å². The predicted octanol–water partition coefficient (Wildman–Crippen LogP) is 3.03. The van der Waals surface area contributed by atoms with Crippen LogP contribution in [0.1, 0.15) is 34.1 Å². The van der Waals surface area contributed by atoms with Gasteiger partial charge in [0.05, 0.1) is 0 Å². The molecule has 5 nitrogen and oxygen atoms in total. The van der Waals surface area contributed by atoms with Crippen LogP contribution in [0.2, 0.25) is 5.02 Å². The second-order valence-electron chi connectivity index (χ2n) is 7.44. The van der Waals surface area contributed by atoms with Crippen molar-refractivity contribution >= 4 is 29.1 Å².